The molecule has 3 rings (SSSR count). The fourth-order valence-electron chi connectivity index (χ4n) is 2.85. The van der Waals surface area contributed by atoms with E-state index in [0.29, 0.717) is 22.3 Å². The molecule has 0 unspecified atom stereocenters. The van der Waals surface area contributed by atoms with Crippen molar-refractivity contribution in [3.05, 3.63) is 54.1 Å². The van der Waals surface area contributed by atoms with Gasteiger partial charge < -0.3 is 16.8 Å². The number of anilines is 1. The van der Waals surface area contributed by atoms with E-state index in [1.807, 2.05) is 0 Å². The topological polar surface area (TPSA) is 116 Å². The number of benzene rings is 1. The number of primary amides is 2. The third-order valence-electron chi connectivity index (χ3n) is 5.17. The predicted octanol–water partition coefficient (Wildman–Crippen LogP) is 2.55. The van der Waals surface area contributed by atoms with Gasteiger partial charge >= 0.3 is 0 Å². The van der Waals surface area contributed by atoms with Crippen LogP contribution in [0.2, 0.25) is 0 Å². The lowest BCUT2D eigenvalue weighted by molar-refractivity contribution is -0.126. The van der Waals surface area contributed by atoms with Crippen LogP contribution in [0.5, 0.6) is 0 Å². The molecule has 1 aromatic carbocycles. The van der Waals surface area contributed by atoms with Crippen molar-refractivity contribution in [2.24, 2.45) is 16.9 Å². The van der Waals surface area contributed by atoms with Crippen LogP contribution in [-0.4, -0.2) is 27.5 Å². The lowest BCUT2D eigenvalue weighted by Crippen LogP contribution is -2.44. The molecule has 1 atom stereocenters. The molecule has 7 nitrogen and oxygen atoms in total. The smallest absolute Gasteiger partial charge is 0.252 e. The van der Waals surface area contributed by atoms with Gasteiger partial charge in [-0.2, -0.15) is 5.10 Å². The summed E-state index contributed by atoms with van der Waals surface area (Å²) in [5.74, 6) is -1.53. The Labute approximate surface area is 161 Å². The van der Waals surface area contributed by atoms with Gasteiger partial charge in [0.15, 0.2) is 0 Å². The Morgan fingerprint density at radius 2 is 1.93 bits per heavy atom. The van der Waals surface area contributed by atoms with Gasteiger partial charge in [-0.3, -0.25) is 9.59 Å². The number of carbonyl (C=O) groups excluding carboxylic acids is 2. The van der Waals surface area contributed by atoms with Gasteiger partial charge in [0, 0.05) is 23.4 Å². The van der Waals surface area contributed by atoms with Crippen LogP contribution < -0.4 is 16.8 Å². The van der Waals surface area contributed by atoms with Crippen molar-refractivity contribution in [2.75, 3.05) is 5.32 Å². The minimum absolute atomic E-state index is 0.165. The molecule has 0 saturated carbocycles. The summed E-state index contributed by atoms with van der Waals surface area (Å²) in [4.78, 5) is 23.7. The Morgan fingerprint density at radius 1 is 1.25 bits per heavy atom. The van der Waals surface area contributed by atoms with Crippen LogP contribution in [0.15, 0.2) is 42.7 Å². The number of hydrogen-bond acceptors (Lipinski definition) is 4. The molecule has 0 radical (unpaired) electrons. The molecule has 0 bridgehead atoms. The molecule has 0 aliphatic rings. The fraction of sp³-hybridized carbons (Fsp3) is 0.250. The molecule has 0 spiro atoms. The normalized spacial score (nSPS) is 12.7. The van der Waals surface area contributed by atoms with E-state index in [-0.39, 0.29) is 11.4 Å². The first-order valence-electron chi connectivity index (χ1n) is 8.75. The maximum Gasteiger partial charge on any atom is 0.252 e. The summed E-state index contributed by atoms with van der Waals surface area (Å²) >= 11 is 0. The Hall–Kier alpha value is -3.42. The highest BCUT2D eigenvalue weighted by Gasteiger charge is 2.33. The highest BCUT2D eigenvalue weighted by atomic mass is 19.1. The highest BCUT2D eigenvalue weighted by Crippen LogP contribution is 2.32. The first-order chi connectivity index (χ1) is 13.1. The first-order valence-corrected chi connectivity index (χ1v) is 8.75. The van der Waals surface area contributed by atoms with Crippen molar-refractivity contribution in [1.82, 2.24) is 9.61 Å². The van der Waals surface area contributed by atoms with Crippen molar-refractivity contribution < 1.29 is 14.0 Å². The molecule has 5 N–H and O–H groups in total. The number of carbonyl (C=O) groups is 2. The van der Waals surface area contributed by atoms with E-state index in [9.17, 15) is 14.0 Å². The van der Waals surface area contributed by atoms with E-state index in [1.54, 1.807) is 51.2 Å². The SMILES string of the molecule is C[C@@H](Nc1c(C(N)=O)cnn2cc(-c3ccccc3F)cc12)C(C)(C)C(N)=O. The summed E-state index contributed by atoms with van der Waals surface area (Å²) in [7, 11) is 0. The molecule has 0 saturated heterocycles. The van der Waals surface area contributed by atoms with Gasteiger partial charge in [-0.05, 0) is 32.9 Å². The van der Waals surface area contributed by atoms with Crippen molar-refractivity contribution in [3.63, 3.8) is 0 Å². The predicted molar refractivity (Wildman–Crippen MR) is 105 cm³/mol. The maximum absolute atomic E-state index is 14.2. The van der Waals surface area contributed by atoms with Gasteiger partial charge in [0.1, 0.15) is 5.82 Å². The van der Waals surface area contributed by atoms with Crippen molar-refractivity contribution in [3.8, 4) is 11.1 Å². The molecular weight excluding hydrogens is 361 g/mol. The highest BCUT2D eigenvalue weighted by molar-refractivity contribution is 6.02. The van der Waals surface area contributed by atoms with E-state index in [2.05, 4.69) is 10.4 Å². The molecule has 3 aromatic rings. The summed E-state index contributed by atoms with van der Waals surface area (Å²) in [5, 5.41) is 7.38. The molecule has 28 heavy (non-hydrogen) atoms. The number of halogens is 1. The van der Waals surface area contributed by atoms with E-state index in [1.165, 1.54) is 16.8 Å². The second-order valence-corrected chi connectivity index (χ2v) is 7.29. The lowest BCUT2D eigenvalue weighted by atomic mass is 9.84. The quantitative estimate of drug-likeness (QED) is 0.606. The van der Waals surface area contributed by atoms with Crippen LogP contribution in [0.4, 0.5) is 10.1 Å². The van der Waals surface area contributed by atoms with Crippen molar-refractivity contribution in [2.45, 2.75) is 26.8 Å². The van der Waals surface area contributed by atoms with Crippen molar-refractivity contribution >= 4 is 23.0 Å². The second-order valence-electron chi connectivity index (χ2n) is 7.29. The zero-order chi connectivity index (χ0) is 20.6. The molecule has 2 amide bonds. The standard InChI is InChI=1S/C20H22FN5O2/c1-11(20(2,3)19(23)28)25-17-14(18(22)27)9-24-26-10-12(8-16(17)26)13-6-4-5-7-15(13)21/h4-11,25H,1-3H3,(H2,22,27)(H2,23,28)/t11-/m1/s1. The molecule has 2 aromatic heterocycles. The van der Waals surface area contributed by atoms with Crippen LogP contribution in [0.1, 0.15) is 31.1 Å². The van der Waals surface area contributed by atoms with E-state index in [0.717, 1.165) is 0 Å². The number of rotatable bonds is 6. The van der Waals surface area contributed by atoms with Crippen LogP contribution >= 0.6 is 0 Å². The molecular formula is C20H22FN5O2. The van der Waals surface area contributed by atoms with Crippen LogP contribution in [0, 0.1) is 11.2 Å². The summed E-state index contributed by atoms with van der Waals surface area (Å²) in [5.41, 5.74) is 12.2. The lowest BCUT2D eigenvalue weighted by Gasteiger charge is -2.30. The van der Waals surface area contributed by atoms with Crippen LogP contribution in [0.3, 0.4) is 0 Å². The molecule has 8 heteroatoms. The Bertz CT molecular complexity index is 1070. The van der Waals surface area contributed by atoms with E-state index in [4.69, 9.17) is 11.5 Å². The van der Waals surface area contributed by atoms with E-state index < -0.39 is 23.3 Å². The monoisotopic (exact) mass is 383 g/mol. The molecule has 0 aliphatic heterocycles. The van der Waals surface area contributed by atoms with Gasteiger partial charge in [0.05, 0.1) is 28.4 Å². The number of hydrogen-bond donors (Lipinski definition) is 3. The van der Waals surface area contributed by atoms with Crippen LogP contribution in [0.25, 0.3) is 16.6 Å². The second kappa shape index (κ2) is 6.95. The van der Waals surface area contributed by atoms with Crippen molar-refractivity contribution in [1.29, 1.82) is 0 Å². The Balaban J connectivity index is 2.16. The number of nitrogens with one attached hydrogen (secondary N) is 1. The Morgan fingerprint density at radius 3 is 2.54 bits per heavy atom. The van der Waals surface area contributed by atoms with Crippen LogP contribution in [-0.2, 0) is 4.79 Å². The molecule has 0 aliphatic carbocycles. The summed E-state index contributed by atoms with van der Waals surface area (Å²) in [6.07, 6.45) is 3.00. The third kappa shape index (κ3) is 3.28. The molecule has 0 fully saturated rings. The maximum atomic E-state index is 14.2. The Kier molecular flexibility index (Phi) is 4.80. The van der Waals surface area contributed by atoms with E-state index >= 15 is 0 Å². The van der Waals surface area contributed by atoms with Gasteiger partial charge in [0.25, 0.3) is 5.91 Å². The summed E-state index contributed by atoms with van der Waals surface area (Å²) in [6, 6.07) is 7.67. The summed E-state index contributed by atoms with van der Waals surface area (Å²) < 4.78 is 15.7. The minimum atomic E-state index is -0.893. The van der Waals surface area contributed by atoms with Gasteiger partial charge in [-0.25, -0.2) is 8.91 Å². The van der Waals surface area contributed by atoms with Gasteiger partial charge in [0.2, 0.25) is 5.91 Å². The number of fused-ring (bicyclic) bond motifs is 1. The fourth-order valence-corrected chi connectivity index (χ4v) is 2.85. The van der Waals surface area contributed by atoms with Gasteiger partial charge in [-0.1, -0.05) is 18.2 Å². The largest absolute Gasteiger partial charge is 0.379 e. The minimum Gasteiger partial charge on any atom is -0.379 e. The number of amides is 2. The average molecular weight is 383 g/mol. The zero-order valence-electron chi connectivity index (χ0n) is 15.9. The first kappa shape index (κ1) is 19.3. The third-order valence-corrected chi connectivity index (χ3v) is 5.17. The average Bonchev–Trinajstić information content (AvgIpc) is 3.06. The number of nitrogens with two attached hydrogens (primary N) is 2. The number of aromatic nitrogens is 2. The summed E-state index contributed by atoms with van der Waals surface area (Å²) in [6.45, 7) is 5.20. The van der Waals surface area contributed by atoms with Gasteiger partial charge in [-0.15, -0.1) is 0 Å². The molecule has 2 heterocycles. The molecule has 146 valence electrons. The number of nitrogens with zero attached hydrogens (tertiary/aromatic N) is 2. The zero-order valence-corrected chi connectivity index (χ0v) is 15.9.